The summed E-state index contributed by atoms with van der Waals surface area (Å²) in [6.45, 7) is 1.85. The number of ether oxygens (including phenoxy) is 1. The minimum absolute atomic E-state index is 0. The molecule has 2 N–H and O–H groups in total. The zero-order valence-corrected chi connectivity index (χ0v) is 26.3. The van der Waals surface area contributed by atoms with E-state index in [4.69, 9.17) is 4.74 Å². The summed E-state index contributed by atoms with van der Waals surface area (Å²) in [4.78, 5) is 30.0. The van der Waals surface area contributed by atoms with Gasteiger partial charge in [-0.3, -0.25) is 9.59 Å². The van der Waals surface area contributed by atoms with E-state index in [0.717, 1.165) is 21.9 Å². The van der Waals surface area contributed by atoms with E-state index in [2.05, 4.69) is 15.0 Å². The van der Waals surface area contributed by atoms with E-state index in [0.29, 0.717) is 27.1 Å². The number of fused-ring (bicyclic) bond motifs is 1. The second kappa shape index (κ2) is 13.1. The first kappa shape index (κ1) is 30.5. The van der Waals surface area contributed by atoms with E-state index in [9.17, 15) is 18.0 Å². The van der Waals surface area contributed by atoms with Crippen LogP contribution in [0.25, 0.3) is 16.8 Å². The van der Waals surface area contributed by atoms with Gasteiger partial charge in [-0.05, 0) is 77.5 Å². The third-order valence-corrected chi connectivity index (χ3v) is 8.45. The fraction of sp³-hybridized carbons (Fsp3) is 0.100. The van der Waals surface area contributed by atoms with Crippen LogP contribution in [0.3, 0.4) is 0 Å². The first-order valence-corrected chi connectivity index (χ1v) is 14.6. The Morgan fingerprint density at radius 3 is 2.34 bits per heavy atom. The molecule has 0 aliphatic carbocycles. The molecule has 4 aromatic carbocycles. The molecule has 11 heteroatoms. The second-order valence-corrected chi connectivity index (χ2v) is 11.8. The van der Waals surface area contributed by atoms with Gasteiger partial charge in [0.1, 0.15) is 5.75 Å². The molecule has 5 rings (SSSR count). The van der Waals surface area contributed by atoms with Crippen molar-refractivity contribution in [3.05, 3.63) is 107 Å². The number of nitrogens with one attached hydrogen (secondary N) is 2. The van der Waals surface area contributed by atoms with E-state index in [1.807, 2.05) is 43.3 Å². The Hall–Kier alpha value is -3.41. The third kappa shape index (κ3) is 7.46. The minimum atomic E-state index is -3.95. The summed E-state index contributed by atoms with van der Waals surface area (Å²) in [6, 6.07) is 24.9. The van der Waals surface area contributed by atoms with Crippen LogP contribution in [0.2, 0.25) is 0 Å². The zero-order chi connectivity index (χ0) is 28.3. The number of amidine groups is 1. The van der Waals surface area contributed by atoms with E-state index in [1.54, 1.807) is 49.6 Å². The van der Waals surface area contributed by atoms with Gasteiger partial charge >= 0.3 is 29.6 Å². The Kier molecular flexibility index (Phi) is 9.72. The van der Waals surface area contributed by atoms with Crippen LogP contribution in [-0.2, 0) is 26.0 Å². The van der Waals surface area contributed by atoms with Crippen LogP contribution in [0.5, 0.6) is 5.75 Å². The van der Waals surface area contributed by atoms with Crippen LogP contribution >= 0.6 is 11.8 Å². The number of rotatable bonds is 7. The van der Waals surface area contributed by atoms with Crippen LogP contribution in [-0.4, -0.2) is 32.5 Å². The van der Waals surface area contributed by atoms with Crippen LogP contribution in [0.4, 0.5) is 5.69 Å². The van der Waals surface area contributed by atoms with Crippen LogP contribution in [0.1, 0.15) is 18.1 Å². The minimum Gasteiger partial charge on any atom is -1.00 e. The SMILES string of the molecule is COc1cc2ccccc2cc1C=C1SC(=Nc2ccc(CC(=O)NS(=O)(=O)c3ccc(C)cc3)cc2)NC1=O.[H-].[Na+]. The molecule has 1 heterocycles. The number of sulfonamides is 1. The average molecular weight is 596 g/mol. The number of thioether (sulfide) groups is 1. The maximum absolute atomic E-state index is 12.6. The summed E-state index contributed by atoms with van der Waals surface area (Å²) >= 11 is 1.22. The van der Waals surface area contributed by atoms with Gasteiger partial charge in [-0.1, -0.05) is 54.1 Å². The second-order valence-electron chi connectivity index (χ2n) is 9.11. The number of nitrogens with zero attached hydrogens (tertiary/aromatic N) is 1. The van der Waals surface area contributed by atoms with Crippen molar-refractivity contribution in [1.82, 2.24) is 10.0 Å². The zero-order valence-electron chi connectivity index (χ0n) is 23.7. The molecule has 0 bridgehead atoms. The molecule has 4 aromatic rings. The van der Waals surface area contributed by atoms with E-state index in [1.165, 1.54) is 23.9 Å². The van der Waals surface area contributed by atoms with Gasteiger partial charge in [0.25, 0.3) is 15.9 Å². The molecule has 1 saturated heterocycles. The Bertz CT molecular complexity index is 1790. The molecular formula is C30H26N3NaO5S2. The van der Waals surface area contributed by atoms with E-state index in [-0.39, 0.29) is 48.2 Å². The number of aliphatic imine (C=N–C) groups is 1. The Labute approximate surface area is 266 Å². The number of amides is 2. The van der Waals surface area contributed by atoms with Gasteiger partial charge in [0, 0.05) is 5.56 Å². The van der Waals surface area contributed by atoms with Gasteiger partial charge in [0.2, 0.25) is 5.91 Å². The number of hydrogen-bond donors (Lipinski definition) is 2. The third-order valence-electron chi connectivity index (χ3n) is 6.15. The molecule has 0 atom stereocenters. The predicted octanol–water partition coefficient (Wildman–Crippen LogP) is 2.21. The monoisotopic (exact) mass is 595 g/mol. The van der Waals surface area contributed by atoms with Crippen molar-refractivity contribution < 1.29 is 53.7 Å². The summed E-state index contributed by atoms with van der Waals surface area (Å²) < 4.78 is 32.5. The van der Waals surface area contributed by atoms with Gasteiger partial charge in [0.05, 0.1) is 29.0 Å². The Morgan fingerprint density at radius 2 is 1.68 bits per heavy atom. The summed E-state index contributed by atoms with van der Waals surface area (Å²) in [5, 5.41) is 5.27. The molecular weight excluding hydrogens is 569 g/mol. The first-order chi connectivity index (χ1) is 19.2. The molecule has 0 spiro atoms. The summed E-state index contributed by atoms with van der Waals surface area (Å²) in [7, 11) is -2.35. The molecule has 1 aliphatic rings. The van der Waals surface area contributed by atoms with Crippen molar-refractivity contribution >= 4 is 61.3 Å². The standard InChI is InChI=1S/C30H25N3O5S2.Na.H/c1-19-7-13-25(14-8-19)40(36,37)33-28(34)15-20-9-11-24(12-10-20)31-30-32-29(35)27(39-30)18-23-16-21-5-3-4-6-22(21)17-26(23)38-2;;/h3-14,16-18H,15H2,1-2H3,(H,33,34)(H,31,32,35);;/q;+1;-1. The summed E-state index contributed by atoms with van der Waals surface area (Å²) in [6.07, 6.45) is 1.66. The van der Waals surface area contributed by atoms with Gasteiger partial charge in [-0.2, -0.15) is 0 Å². The number of methoxy groups -OCH3 is 1. The quantitative estimate of drug-likeness (QED) is 0.250. The van der Waals surface area contributed by atoms with Gasteiger partial charge < -0.3 is 11.5 Å². The maximum atomic E-state index is 12.6. The molecule has 1 aliphatic heterocycles. The topological polar surface area (TPSA) is 114 Å². The number of carbonyl (C=O) groups is 2. The summed E-state index contributed by atoms with van der Waals surface area (Å²) in [5.41, 5.74) is 2.89. The number of carbonyl (C=O) groups excluding carboxylic acids is 2. The van der Waals surface area contributed by atoms with E-state index < -0.39 is 15.9 Å². The fourth-order valence-electron chi connectivity index (χ4n) is 4.10. The molecule has 8 nitrogen and oxygen atoms in total. The molecule has 204 valence electrons. The fourth-order valence-corrected chi connectivity index (χ4v) is 5.92. The van der Waals surface area contributed by atoms with Crippen molar-refractivity contribution in [2.75, 3.05) is 7.11 Å². The Balaban J connectivity index is 0.00000242. The van der Waals surface area contributed by atoms with Crippen molar-refractivity contribution in [2.45, 2.75) is 18.2 Å². The molecule has 0 unspecified atom stereocenters. The average Bonchev–Trinajstić information content (AvgIpc) is 3.27. The number of aryl methyl sites for hydroxylation is 1. The number of hydrogen-bond acceptors (Lipinski definition) is 7. The number of benzene rings is 4. The van der Waals surface area contributed by atoms with Gasteiger partial charge in [0.15, 0.2) is 5.17 Å². The molecule has 41 heavy (non-hydrogen) atoms. The van der Waals surface area contributed by atoms with Crippen molar-refractivity contribution in [3.8, 4) is 5.75 Å². The van der Waals surface area contributed by atoms with Crippen LogP contribution in [0.15, 0.2) is 99.7 Å². The molecule has 0 aromatic heterocycles. The molecule has 0 radical (unpaired) electrons. The van der Waals surface area contributed by atoms with Crippen LogP contribution < -0.4 is 44.3 Å². The van der Waals surface area contributed by atoms with Gasteiger partial charge in [-0.15, -0.1) is 0 Å². The predicted molar refractivity (Wildman–Crippen MR) is 159 cm³/mol. The molecule has 2 amide bonds. The largest absolute Gasteiger partial charge is 1.00 e. The van der Waals surface area contributed by atoms with Crippen molar-refractivity contribution in [1.29, 1.82) is 0 Å². The van der Waals surface area contributed by atoms with Crippen molar-refractivity contribution in [3.63, 3.8) is 0 Å². The molecule has 1 fully saturated rings. The van der Waals surface area contributed by atoms with E-state index >= 15 is 0 Å². The maximum Gasteiger partial charge on any atom is 1.00 e. The Morgan fingerprint density at radius 1 is 1.02 bits per heavy atom. The van der Waals surface area contributed by atoms with Crippen molar-refractivity contribution in [2.24, 2.45) is 4.99 Å². The summed E-state index contributed by atoms with van der Waals surface area (Å²) in [5.74, 6) is -0.240. The van der Waals surface area contributed by atoms with Gasteiger partial charge in [-0.25, -0.2) is 18.1 Å². The normalized spacial score (nSPS) is 15.0. The first-order valence-electron chi connectivity index (χ1n) is 12.3. The molecule has 0 saturated carbocycles. The van der Waals surface area contributed by atoms with Crippen LogP contribution in [0, 0.1) is 6.92 Å². The smallest absolute Gasteiger partial charge is 1.00 e.